The first-order valence-corrected chi connectivity index (χ1v) is 6.26. The number of nitrogens with two attached hydrogens (primary N) is 1. The Morgan fingerprint density at radius 3 is 2.93 bits per heavy atom. The van der Waals surface area contributed by atoms with Crippen molar-refractivity contribution < 1.29 is 0 Å². The van der Waals surface area contributed by atoms with E-state index in [1.165, 1.54) is 11.3 Å². The zero-order valence-corrected chi connectivity index (χ0v) is 10.7. The number of aromatic nitrogens is 3. The zero-order valence-electron chi connectivity index (χ0n) is 8.27. The average Bonchev–Trinajstić information content (AvgIpc) is 2.74. The smallest absolute Gasteiger partial charge is 0.180 e. The molecule has 2 aromatic rings. The molecule has 0 aliphatic rings. The van der Waals surface area contributed by atoms with Gasteiger partial charge in [0, 0.05) is 12.7 Å². The molecule has 0 aliphatic heterocycles. The normalized spacial score (nSPS) is 10.8. The lowest BCUT2D eigenvalue weighted by molar-refractivity contribution is 0.609. The Morgan fingerprint density at radius 2 is 2.33 bits per heavy atom. The van der Waals surface area contributed by atoms with E-state index in [-0.39, 0.29) is 0 Å². The largest absolute Gasteiger partial charge is 0.375 e. The van der Waals surface area contributed by atoms with Gasteiger partial charge in [-0.25, -0.2) is 4.98 Å². The van der Waals surface area contributed by atoms with Crippen LogP contribution in [0.15, 0.2) is 16.9 Å². The Morgan fingerprint density at radius 1 is 1.53 bits per heavy atom. The van der Waals surface area contributed by atoms with E-state index >= 15 is 0 Å². The molecule has 2 rings (SSSR count). The number of hydrogen-bond donors (Lipinski definition) is 1. The van der Waals surface area contributed by atoms with Crippen LogP contribution in [0, 0.1) is 0 Å². The van der Waals surface area contributed by atoms with Crippen molar-refractivity contribution in [1.29, 1.82) is 0 Å². The number of halogens is 1. The lowest BCUT2D eigenvalue weighted by atomic mass is 10.3. The van der Waals surface area contributed by atoms with Crippen LogP contribution >= 0.6 is 27.3 Å². The van der Waals surface area contributed by atoms with E-state index in [9.17, 15) is 0 Å². The van der Waals surface area contributed by atoms with Gasteiger partial charge in [-0.2, -0.15) is 5.10 Å². The molecule has 6 heteroatoms. The number of rotatable bonds is 3. The van der Waals surface area contributed by atoms with Gasteiger partial charge in [0.05, 0.1) is 21.2 Å². The van der Waals surface area contributed by atoms with Crippen molar-refractivity contribution in [3.05, 3.63) is 16.9 Å². The minimum absolute atomic E-state index is 0.584. The highest BCUT2D eigenvalue weighted by Crippen LogP contribution is 2.33. The van der Waals surface area contributed by atoms with E-state index in [4.69, 9.17) is 5.73 Å². The van der Waals surface area contributed by atoms with Crippen molar-refractivity contribution in [3.8, 4) is 10.6 Å². The molecule has 0 aromatic carbocycles. The third kappa shape index (κ3) is 2.05. The van der Waals surface area contributed by atoms with Crippen molar-refractivity contribution in [2.75, 3.05) is 5.73 Å². The Bertz CT molecular complexity index is 462. The van der Waals surface area contributed by atoms with Crippen LogP contribution in [-0.4, -0.2) is 14.8 Å². The third-order valence-corrected chi connectivity index (χ3v) is 3.40. The van der Waals surface area contributed by atoms with Gasteiger partial charge in [-0.15, -0.1) is 0 Å². The maximum atomic E-state index is 5.62. The maximum Gasteiger partial charge on any atom is 0.180 e. The Hall–Kier alpha value is -0.880. The van der Waals surface area contributed by atoms with Crippen molar-refractivity contribution in [3.63, 3.8) is 0 Å². The molecule has 15 heavy (non-hydrogen) atoms. The van der Waals surface area contributed by atoms with Gasteiger partial charge >= 0.3 is 0 Å². The van der Waals surface area contributed by atoms with E-state index in [1.54, 1.807) is 12.4 Å². The van der Waals surface area contributed by atoms with Crippen LogP contribution in [0.2, 0.25) is 0 Å². The molecule has 0 fully saturated rings. The number of nitrogens with zero attached hydrogens (tertiary/aromatic N) is 3. The highest BCUT2D eigenvalue weighted by Gasteiger charge is 2.12. The summed E-state index contributed by atoms with van der Waals surface area (Å²) < 4.78 is 2.96. The Labute approximate surface area is 100 Å². The van der Waals surface area contributed by atoms with Crippen LogP contribution in [0.25, 0.3) is 10.6 Å². The van der Waals surface area contributed by atoms with Crippen molar-refractivity contribution in [1.82, 2.24) is 14.8 Å². The number of thiazole rings is 1. The third-order valence-electron chi connectivity index (χ3n) is 1.99. The quantitative estimate of drug-likeness (QED) is 0.944. The fraction of sp³-hybridized carbons (Fsp3) is 0.333. The second-order valence-corrected chi connectivity index (χ2v) is 5.04. The molecule has 0 aliphatic carbocycles. The van der Waals surface area contributed by atoms with Gasteiger partial charge in [0.25, 0.3) is 0 Å². The van der Waals surface area contributed by atoms with Gasteiger partial charge in [-0.3, -0.25) is 4.68 Å². The topological polar surface area (TPSA) is 56.7 Å². The molecule has 2 N–H and O–H groups in total. The van der Waals surface area contributed by atoms with Gasteiger partial charge in [-0.1, -0.05) is 18.3 Å². The van der Waals surface area contributed by atoms with Crippen LogP contribution in [0.3, 0.4) is 0 Å². The Balaban J connectivity index is 2.46. The standard InChI is InChI=1S/C9H11BrN4S/c1-2-3-14-8(6(10)4-13-14)7-5-12-9(11)15-7/h4-5H,2-3H2,1H3,(H2,11,12). The molecular formula is C9H11BrN4S. The predicted octanol–water partition coefficient (Wildman–Crippen LogP) is 2.76. The summed E-state index contributed by atoms with van der Waals surface area (Å²) >= 11 is 4.96. The molecule has 2 aromatic heterocycles. The summed E-state index contributed by atoms with van der Waals surface area (Å²) in [7, 11) is 0. The van der Waals surface area contributed by atoms with Gasteiger partial charge in [0.15, 0.2) is 5.13 Å². The molecule has 0 amide bonds. The second kappa shape index (κ2) is 4.32. The number of anilines is 1. The number of hydrogen-bond acceptors (Lipinski definition) is 4. The first-order chi connectivity index (χ1) is 7.22. The summed E-state index contributed by atoms with van der Waals surface area (Å²) in [4.78, 5) is 5.10. The number of nitrogen functional groups attached to an aromatic ring is 1. The lowest BCUT2D eigenvalue weighted by Crippen LogP contribution is -2.00. The molecule has 0 atom stereocenters. The van der Waals surface area contributed by atoms with Crippen LogP contribution < -0.4 is 5.73 Å². The molecular weight excluding hydrogens is 276 g/mol. The fourth-order valence-electron chi connectivity index (χ4n) is 1.39. The summed E-state index contributed by atoms with van der Waals surface area (Å²) in [6.45, 7) is 3.03. The van der Waals surface area contributed by atoms with Crippen molar-refractivity contribution in [2.45, 2.75) is 19.9 Å². The minimum Gasteiger partial charge on any atom is -0.375 e. The van der Waals surface area contributed by atoms with Gasteiger partial charge in [-0.05, 0) is 22.4 Å². The zero-order chi connectivity index (χ0) is 10.8. The minimum atomic E-state index is 0.584. The van der Waals surface area contributed by atoms with Crippen LogP contribution in [0.5, 0.6) is 0 Å². The van der Waals surface area contributed by atoms with E-state index in [1.807, 2.05) is 4.68 Å². The van der Waals surface area contributed by atoms with Crippen molar-refractivity contribution in [2.24, 2.45) is 0 Å². The summed E-state index contributed by atoms with van der Waals surface area (Å²) in [5.74, 6) is 0. The van der Waals surface area contributed by atoms with Crippen molar-refractivity contribution >= 4 is 32.4 Å². The number of aryl methyl sites for hydroxylation is 1. The second-order valence-electron chi connectivity index (χ2n) is 3.13. The fourth-order valence-corrected chi connectivity index (χ4v) is 2.78. The molecule has 0 bridgehead atoms. The molecule has 0 spiro atoms. The van der Waals surface area contributed by atoms with Crippen LogP contribution in [0.4, 0.5) is 5.13 Å². The maximum absolute atomic E-state index is 5.62. The first kappa shape index (κ1) is 10.6. The van der Waals surface area contributed by atoms with Crippen LogP contribution in [-0.2, 0) is 6.54 Å². The first-order valence-electron chi connectivity index (χ1n) is 4.65. The summed E-state index contributed by atoms with van der Waals surface area (Å²) in [5.41, 5.74) is 6.68. The molecule has 0 unspecified atom stereocenters. The molecule has 4 nitrogen and oxygen atoms in total. The average molecular weight is 287 g/mol. The molecule has 80 valence electrons. The molecule has 0 radical (unpaired) electrons. The lowest BCUT2D eigenvalue weighted by Gasteiger charge is -2.03. The van der Waals surface area contributed by atoms with Gasteiger partial charge in [0.2, 0.25) is 0 Å². The van der Waals surface area contributed by atoms with Gasteiger partial charge in [0.1, 0.15) is 0 Å². The van der Waals surface area contributed by atoms with E-state index in [0.717, 1.165) is 28.0 Å². The SMILES string of the molecule is CCCn1ncc(Br)c1-c1cnc(N)s1. The molecule has 2 heterocycles. The monoisotopic (exact) mass is 286 g/mol. The van der Waals surface area contributed by atoms with E-state index < -0.39 is 0 Å². The van der Waals surface area contributed by atoms with E-state index in [2.05, 4.69) is 32.9 Å². The Kier molecular flexibility index (Phi) is 3.06. The summed E-state index contributed by atoms with van der Waals surface area (Å²) in [5, 5.41) is 4.88. The predicted molar refractivity (Wildman–Crippen MR) is 65.7 cm³/mol. The molecule has 0 saturated heterocycles. The van der Waals surface area contributed by atoms with Gasteiger partial charge < -0.3 is 5.73 Å². The highest BCUT2D eigenvalue weighted by molar-refractivity contribution is 9.10. The van der Waals surface area contributed by atoms with E-state index in [0.29, 0.717) is 5.13 Å². The van der Waals surface area contributed by atoms with Crippen LogP contribution in [0.1, 0.15) is 13.3 Å². The molecule has 0 saturated carbocycles. The summed E-state index contributed by atoms with van der Waals surface area (Å²) in [6, 6.07) is 0. The highest BCUT2D eigenvalue weighted by atomic mass is 79.9. The summed E-state index contributed by atoms with van der Waals surface area (Å²) in [6.07, 6.45) is 4.64.